The van der Waals surface area contributed by atoms with Gasteiger partial charge in [0, 0.05) is 17.5 Å². The standard InChI is InChI=1S/C13H13N3OS/c1-8-7-18-13(14-8)16-12(17)11-6-9-4-2-3-5-10(9)15-11/h2-5,7,11,15H,6H2,1H3,(H,14,16,17)/t11-/m0/s1. The van der Waals surface area contributed by atoms with Gasteiger partial charge in [0.25, 0.3) is 0 Å². The van der Waals surface area contributed by atoms with Gasteiger partial charge in [-0.05, 0) is 18.6 Å². The van der Waals surface area contributed by atoms with E-state index >= 15 is 0 Å². The van der Waals surface area contributed by atoms with E-state index < -0.39 is 0 Å². The average Bonchev–Trinajstić information content (AvgIpc) is 2.95. The summed E-state index contributed by atoms with van der Waals surface area (Å²) < 4.78 is 0. The Morgan fingerprint density at radius 2 is 2.33 bits per heavy atom. The molecule has 3 rings (SSSR count). The molecule has 5 heteroatoms. The second kappa shape index (κ2) is 4.42. The summed E-state index contributed by atoms with van der Waals surface area (Å²) in [4.78, 5) is 16.3. The van der Waals surface area contributed by atoms with Crippen LogP contribution in [-0.2, 0) is 11.2 Å². The van der Waals surface area contributed by atoms with Crippen LogP contribution in [0.5, 0.6) is 0 Å². The maximum atomic E-state index is 12.1. The molecule has 2 heterocycles. The van der Waals surface area contributed by atoms with E-state index in [-0.39, 0.29) is 11.9 Å². The van der Waals surface area contributed by atoms with E-state index in [4.69, 9.17) is 0 Å². The molecule has 0 radical (unpaired) electrons. The Kier molecular flexibility index (Phi) is 2.76. The van der Waals surface area contributed by atoms with E-state index in [9.17, 15) is 4.79 Å². The quantitative estimate of drug-likeness (QED) is 0.871. The molecular weight excluding hydrogens is 246 g/mol. The Labute approximate surface area is 109 Å². The van der Waals surface area contributed by atoms with Crippen LogP contribution in [0.2, 0.25) is 0 Å². The molecule has 0 bridgehead atoms. The molecular formula is C13H13N3OS. The molecule has 0 spiro atoms. The maximum Gasteiger partial charge on any atom is 0.248 e. The topological polar surface area (TPSA) is 54.0 Å². The van der Waals surface area contributed by atoms with Crippen LogP contribution in [0.4, 0.5) is 10.8 Å². The lowest BCUT2D eigenvalue weighted by molar-refractivity contribution is -0.116. The molecule has 0 saturated carbocycles. The molecule has 92 valence electrons. The molecule has 0 fully saturated rings. The summed E-state index contributed by atoms with van der Waals surface area (Å²) in [7, 11) is 0. The van der Waals surface area contributed by atoms with Crippen LogP contribution in [0.1, 0.15) is 11.3 Å². The Morgan fingerprint density at radius 1 is 1.50 bits per heavy atom. The van der Waals surface area contributed by atoms with Gasteiger partial charge in [0.2, 0.25) is 5.91 Å². The predicted octanol–water partition coefficient (Wildman–Crippen LogP) is 2.43. The Balaban J connectivity index is 1.69. The van der Waals surface area contributed by atoms with Crippen molar-refractivity contribution in [2.75, 3.05) is 10.6 Å². The van der Waals surface area contributed by atoms with E-state index in [1.807, 2.05) is 36.6 Å². The lowest BCUT2D eigenvalue weighted by Crippen LogP contribution is -2.32. The number of thiazole rings is 1. The van der Waals surface area contributed by atoms with E-state index in [1.54, 1.807) is 0 Å². The second-order valence-corrected chi connectivity index (χ2v) is 5.20. The third-order valence-electron chi connectivity index (χ3n) is 2.94. The first-order valence-electron chi connectivity index (χ1n) is 5.80. The summed E-state index contributed by atoms with van der Waals surface area (Å²) in [6.07, 6.45) is 0.729. The molecule has 0 unspecified atom stereocenters. The van der Waals surface area contributed by atoms with E-state index in [2.05, 4.69) is 15.6 Å². The number of amides is 1. The van der Waals surface area contributed by atoms with Crippen molar-refractivity contribution in [1.29, 1.82) is 0 Å². The lowest BCUT2D eigenvalue weighted by atomic mass is 10.1. The van der Waals surface area contributed by atoms with E-state index in [0.29, 0.717) is 5.13 Å². The lowest BCUT2D eigenvalue weighted by Gasteiger charge is -2.09. The molecule has 2 N–H and O–H groups in total. The number of carbonyl (C=O) groups is 1. The van der Waals surface area contributed by atoms with Crippen LogP contribution in [-0.4, -0.2) is 16.9 Å². The Bertz CT molecular complexity index is 568. The van der Waals surface area contributed by atoms with E-state index in [1.165, 1.54) is 16.9 Å². The van der Waals surface area contributed by atoms with Crippen molar-refractivity contribution >= 4 is 28.1 Å². The summed E-state index contributed by atoms with van der Waals surface area (Å²) in [6, 6.07) is 7.80. The summed E-state index contributed by atoms with van der Waals surface area (Å²) in [5.41, 5.74) is 3.17. The van der Waals surface area contributed by atoms with Crippen LogP contribution in [0, 0.1) is 6.92 Å². The zero-order valence-electron chi connectivity index (χ0n) is 9.93. The smallest absolute Gasteiger partial charge is 0.248 e. The molecule has 1 aromatic carbocycles. The van der Waals surface area contributed by atoms with Crippen molar-refractivity contribution in [2.24, 2.45) is 0 Å². The minimum absolute atomic E-state index is 0.0273. The first-order chi connectivity index (χ1) is 8.72. The Morgan fingerprint density at radius 3 is 3.06 bits per heavy atom. The number of benzene rings is 1. The molecule has 1 aliphatic heterocycles. The normalized spacial score (nSPS) is 17.1. The minimum Gasteiger partial charge on any atom is -0.373 e. The molecule has 2 aromatic rings. The molecule has 0 saturated heterocycles. The fourth-order valence-electron chi connectivity index (χ4n) is 2.06. The number of aryl methyl sites for hydroxylation is 1. The summed E-state index contributed by atoms with van der Waals surface area (Å²) in [5.74, 6) is -0.0273. The molecule has 1 atom stereocenters. The minimum atomic E-state index is -0.202. The average molecular weight is 259 g/mol. The van der Waals surface area contributed by atoms with Crippen molar-refractivity contribution in [3.63, 3.8) is 0 Å². The number of para-hydroxylation sites is 1. The number of hydrogen-bond acceptors (Lipinski definition) is 4. The third-order valence-corrected chi connectivity index (χ3v) is 3.81. The van der Waals surface area contributed by atoms with Crippen molar-refractivity contribution in [1.82, 2.24) is 4.98 Å². The summed E-state index contributed by atoms with van der Waals surface area (Å²) in [5, 5.41) is 8.66. The molecule has 1 aliphatic rings. The van der Waals surface area contributed by atoms with Gasteiger partial charge in [0.15, 0.2) is 5.13 Å². The maximum absolute atomic E-state index is 12.1. The van der Waals surface area contributed by atoms with Gasteiger partial charge >= 0.3 is 0 Å². The van der Waals surface area contributed by atoms with Gasteiger partial charge in [0.05, 0.1) is 5.69 Å². The first kappa shape index (κ1) is 11.2. The number of rotatable bonds is 2. The van der Waals surface area contributed by atoms with Crippen molar-refractivity contribution in [3.8, 4) is 0 Å². The number of aromatic nitrogens is 1. The van der Waals surface area contributed by atoms with Crippen LogP contribution in [0.3, 0.4) is 0 Å². The van der Waals surface area contributed by atoms with Crippen molar-refractivity contribution < 1.29 is 4.79 Å². The highest BCUT2D eigenvalue weighted by Gasteiger charge is 2.26. The summed E-state index contributed by atoms with van der Waals surface area (Å²) in [6.45, 7) is 1.91. The predicted molar refractivity (Wildman–Crippen MR) is 73.0 cm³/mol. The molecule has 1 amide bonds. The first-order valence-corrected chi connectivity index (χ1v) is 6.68. The number of hydrogen-bond donors (Lipinski definition) is 2. The second-order valence-electron chi connectivity index (χ2n) is 4.34. The van der Waals surface area contributed by atoms with Crippen molar-refractivity contribution in [3.05, 3.63) is 40.9 Å². The third kappa shape index (κ3) is 2.09. The van der Waals surface area contributed by atoms with Gasteiger partial charge in [-0.25, -0.2) is 4.98 Å². The SMILES string of the molecule is Cc1csc(NC(=O)[C@@H]2Cc3ccccc3N2)n1. The number of carbonyl (C=O) groups excluding carboxylic acids is 1. The zero-order chi connectivity index (χ0) is 12.5. The van der Waals surface area contributed by atoms with Gasteiger partial charge in [-0.2, -0.15) is 0 Å². The van der Waals surface area contributed by atoms with Gasteiger partial charge in [-0.15, -0.1) is 11.3 Å². The van der Waals surface area contributed by atoms with Crippen LogP contribution >= 0.6 is 11.3 Å². The van der Waals surface area contributed by atoms with Crippen LogP contribution in [0.25, 0.3) is 0 Å². The molecule has 0 aliphatic carbocycles. The van der Waals surface area contributed by atoms with Gasteiger partial charge in [-0.3, -0.25) is 4.79 Å². The Hall–Kier alpha value is -1.88. The van der Waals surface area contributed by atoms with E-state index in [0.717, 1.165) is 17.8 Å². The largest absolute Gasteiger partial charge is 0.373 e. The molecule has 1 aromatic heterocycles. The fourth-order valence-corrected chi connectivity index (χ4v) is 2.75. The number of nitrogens with zero attached hydrogens (tertiary/aromatic N) is 1. The van der Waals surface area contributed by atoms with Crippen LogP contribution < -0.4 is 10.6 Å². The van der Waals surface area contributed by atoms with Crippen molar-refractivity contribution in [2.45, 2.75) is 19.4 Å². The monoisotopic (exact) mass is 259 g/mol. The van der Waals surface area contributed by atoms with Gasteiger partial charge < -0.3 is 10.6 Å². The molecule has 4 nitrogen and oxygen atoms in total. The highest BCUT2D eigenvalue weighted by atomic mass is 32.1. The number of anilines is 2. The number of nitrogens with one attached hydrogen (secondary N) is 2. The highest BCUT2D eigenvalue weighted by Crippen LogP contribution is 2.26. The molecule has 18 heavy (non-hydrogen) atoms. The van der Waals surface area contributed by atoms with Gasteiger partial charge in [0.1, 0.15) is 6.04 Å². The van der Waals surface area contributed by atoms with Gasteiger partial charge in [-0.1, -0.05) is 18.2 Å². The summed E-state index contributed by atoms with van der Waals surface area (Å²) >= 11 is 1.45. The fraction of sp³-hybridized carbons (Fsp3) is 0.231. The number of fused-ring (bicyclic) bond motifs is 1. The zero-order valence-corrected chi connectivity index (χ0v) is 10.8. The van der Waals surface area contributed by atoms with Crippen LogP contribution in [0.15, 0.2) is 29.6 Å². The highest BCUT2D eigenvalue weighted by molar-refractivity contribution is 7.13.